The van der Waals surface area contributed by atoms with E-state index in [-0.39, 0.29) is 123 Å². The molecule has 21 rings (SSSR count). The number of nitrogens with zero attached hydrogens (tertiary/aromatic N) is 18. The van der Waals surface area contributed by atoms with Crippen molar-refractivity contribution in [1.29, 1.82) is 0 Å². The van der Waals surface area contributed by atoms with Gasteiger partial charge in [0.05, 0.1) is 107 Å². The number of aliphatic hydroxyl groups is 1. The maximum absolute atomic E-state index is 16.0. The minimum absolute atomic E-state index is 0.0152. The fourth-order valence-corrected chi connectivity index (χ4v) is 26.4. The number of hydrogen-bond acceptors (Lipinski definition) is 46. The molecule has 9 fully saturated rings. The molecule has 21 heterocycles. The van der Waals surface area contributed by atoms with E-state index in [0.717, 1.165) is 29.0 Å². The van der Waals surface area contributed by atoms with Crippen LogP contribution in [0.2, 0.25) is 0 Å². The van der Waals surface area contributed by atoms with E-state index in [1.807, 2.05) is 0 Å². The molecule has 0 amide bonds. The van der Waals surface area contributed by atoms with E-state index in [2.05, 4.69) is 87.1 Å². The lowest BCUT2D eigenvalue weighted by atomic mass is 10.1. The predicted octanol–water partition coefficient (Wildman–Crippen LogP) is 2.11. The Balaban J connectivity index is 0.000000129. The zero-order valence-electron chi connectivity index (χ0n) is 66.9. The number of imidazole rings is 6. The second-order valence-electron chi connectivity index (χ2n) is 30.7. The van der Waals surface area contributed by atoms with Crippen molar-refractivity contribution in [2.75, 3.05) is 56.8 Å². The van der Waals surface area contributed by atoms with Gasteiger partial charge in [-0.1, -0.05) is 12.2 Å². The van der Waals surface area contributed by atoms with Crippen molar-refractivity contribution in [2.24, 2.45) is 15.1 Å². The predicted molar refractivity (Wildman–Crippen MR) is 469 cm³/mol. The first kappa shape index (κ1) is 96.0. The number of ether oxygens (including phenoxy) is 5. The number of thioether (sulfide) groups is 1. The van der Waals surface area contributed by atoms with Gasteiger partial charge in [-0.25, -0.2) is 66.7 Å². The molecule has 6 unspecified atom stereocenters. The molecule has 54 nitrogen and oxygen atoms in total. The quantitative estimate of drug-likeness (QED) is 0.0644. The molecule has 720 valence electrons. The highest BCUT2D eigenvalue weighted by Crippen LogP contribution is 2.62. The molecule has 9 aromatic rings. The summed E-state index contributed by atoms with van der Waals surface area (Å²) in [7, 11) is 0. The van der Waals surface area contributed by atoms with Crippen LogP contribution in [0.1, 0.15) is 99.4 Å². The first-order valence-corrected chi connectivity index (χ1v) is 55.8. The molecule has 0 aromatic carbocycles. The third-order valence-electron chi connectivity index (χ3n) is 22.1. The van der Waals surface area contributed by atoms with Gasteiger partial charge in [0.1, 0.15) is 72.5 Å². The van der Waals surface area contributed by atoms with Crippen LogP contribution in [0, 0.1) is 0 Å². The number of nitrogens with one attached hydrogen (secondary N) is 3. The topological polar surface area (TPSA) is 706 Å². The SMILES string of the molecule is Nc1nc2c(ncn2[C@@H]2O[C@@H]3COP(O)(=S)O[C@H]4C[C@H](c5cnc6n5N=CCC6=O)O[C@@H]4COP(=O)(S)O[C@@H]2[C@@H]3F)c(=O)[nH]1.Nc1nc2c(ncn2[C@@H]2O[C@@H]3COP(O)(=S)O[C@H]4[C@H](F)[C@H](n5cnc6c5N=CCC6=O)O[C@@H]4COP(O)(=S)O[C@@H]2[C@H]3F)c(=O)[nH]1.Nc1nc2c(ncn2[C@@H]2S[C@@H]3COP(O)(=S)O[C@H]4[C@H](F)[C@H](n5cnc6c5N=CCC6=O)O[C@@H]4COP(O)(=S)O[C@@H]2[C@@H]3O)c(=O)[nH]1. The largest absolute Gasteiger partial charge is 0.389 e. The van der Waals surface area contributed by atoms with Gasteiger partial charge < -0.3 is 97.6 Å². The molecular weight excluding hydrogens is 2060 g/mol. The van der Waals surface area contributed by atoms with Gasteiger partial charge in [-0.2, -0.15) is 20.1 Å². The molecule has 0 aliphatic carbocycles. The summed E-state index contributed by atoms with van der Waals surface area (Å²) in [5.74, 6) is -1.30. The van der Waals surface area contributed by atoms with Crippen molar-refractivity contribution < 1.29 is 144 Å². The van der Waals surface area contributed by atoms with E-state index < -0.39 is 236 Å². The Kier molecular flexibility index (Phi) is 26.5. The molecular formula is C63H68F4N24O30P6S7. The first-order chi connectivity index (χ1) is 63.5. The van der Waals surface area contributed by atoms with Crippen LogP contribution < -0.4 is 33.9 Å². The number of nitrogens with two attached hydrogens (primary N) is 3. The van der Waals surface area contributed by atoms with E-state index in [4.69, 9.17) is 154 Å². The van der Waals surface area contributed by atoms with Crippen molar-refractivity contribution in [3.63, 3.8) is 0 Å². The van der Waals surface area contributed by atoms with Gasteiger partial charge in [0.25, 0.3) is 16.7 Å². The summed E-state index contributed by atoms with van der Waals surface area (Å²) in [6.45, 7) is -29.0. The second kappa shape index (κ2) is 36.9. The van der Waals surface area contributed by atoms with Crippen LogP contribution in [0.15, 0.2) is 67.3 Å². The van der Waals surface area contributed by atoms with Crippen LogP contribution >= 0.6 is 64.4 Å². The Morgan fingerprint density at radius 2 is 0.851 bits per heavy atom. The summed E-state index contributed by atoms with van der Waals surface area (Å²) in [4.78, 5) is 180. The van der Waals surface area contributed by atoms with E-state index in [0.29, 0.717) is 5.69 Å². The van der Waals surface area contributed by atoms with Gasteiger partial charge in [-0.3, -0.25) is 93.7 Å². The van der Waals surface area contributed by atoms with Crippen LogP contribution in [0.5, 0.6) is 0 Å². The highest BCUT2D eigenvalue weighted by Gasteiger charge is 2.59. The average molecular weight is 2130 g/mol. The number of aliphatic hydroxyl groups excluding tert-OH is 1. The van der Waals surface area contributed by atoms with Gasteiger partial charge in [0.2, 0.25) is 23.6 Å². The number of alkyl halides is 4. The number of halogens is 4. The van der Waals surface area contributed by atoms with Crippen molar-refractivity contribution >= 4 is 222 Å². The maximum Gasteiger partial charge on any atom is 0.386 e. The molecule has 0 spiro atoms. The molecule has 29 atom stereocenters. The van der Waals surface area contributed by atoms with Crippen molar-refractivity contribution in [2.45, 2.75) is 165 Å². The average Bonchev–Trinajstić information content (AvgIpc) is 1.62. The number of thiol groups is 1. The smallest absolute Gasteiger partial charge is 0.386 e. The number of fused-ring (bicyclic) bond motifs is 15. The van der Waals surface area contributed by atoms with E-state index in [9.17, 15) is 62.9 Å². The molecule has 15 N–H and O–H groups in total. The van der Waals surface area contributed by atoms with Crippen LogP contribution in [0.3, 0.4) is 0 Å². The minimum Gasteiger partial charge on any atom is -0.389 e. The van der Waals surface area contributed by atoms with E-state index >= 15 is 17.6 Å². The summed E-state index contributed by atoms with van der Waals surface area (Å²) in [6, 6.07) is 0. The summed E-state index contributed by atoms with van der Waals surface area (Å²) < 4.78 is 181. The number of carbonyl (C=O) groups is 3. The number of aliphatic imine (C=N–C) groups is 2. The summed E-state index contributed by atoms with van der Waals surface area (Å²) >= 11 is 31.1. The molecule has 71 heteroatoms. The number of anilines is 3. The first-order valence-electron chi connectivity index (χ1n) is 39.2. The van der Waals surface area contributed by atoms with Crippen LogP contribution in [-0.2, 0) is 142 Å². The summed E-state index contributed by atoms with van der Waals surface area (Å²) in [5.41, 5.74) is 15.2. The highest BCUT2D eigenvalue weighted by molar-refractivity contribution is 8.44. The van der Waals surface area contributed by atoms with E-state index in [1.54, 1.807) is 0 Å². The number of nitrogen functional groups attached to an aromatic ring is 3. The van der Waals surface area contributed by atoms with Crippen LogP contribution in [-0.4, -0.2) is 296 Å². The summed E-state index contributed by atoms with van der Waals surface area (Å²) in [5, 5.41) is 13.7. The Labute approximate surface area is 777 Å². The Morgan fingerprint density at radius 3 is 1.34 bits per heavy atom. The maximum atomic E-state index is 16.0. The van der Waals surface area contributed by atoms with Crippen LogP contribution in [0.4, 0.5) is 47.0 Å². The number of aromatic nitrogens is 18. The molecule has 12 aliphatic heterocycles. The highest BCUT2D eigenvalue weighted by atomic mass is 32.7. The molecule has 0 radical (unpaired) electrons. The number of carbonyl (C=O) groups excluding carboxylic acids is 3. The number of ketones is 3. The molecule has 0 saturated carbocycles. The van der Waals surface area contributed by atoms with Crippen molar-refractivity contribution in [3.8, 4) is 0 Å². The Bertz CT molecular complexity index is 6570. The monoisotopic (exact) mass is 2130 g/mol. The standard InChI is InChI=1S/C21H22F2N8O10P2S2.C21H23FN8O10P2S3.C21H23FN8O10P2S2/c22-10-8-3-36-42(34,44)40-14-9(39-19(11(14)23)30-5-26-12-7(32)1-2-25-16(12)30)4-37-43(35,45)41-15(10)20(38-8)31-6-27-13-17(31)28-21(24)29-18(13)33;22-10-14-8(38-19(10)29-5-25-11-7(31)1-2-24-16(11)29)3-36-41(34,43)40-15-13(32)9(4-37-42(35,44)39-14)45-20(15)30-6-26-12-17(30)27-21(23)28-18(12)33;22-14-13-6-36-41(33,43)39-11-3-10(8-4-24-17-9(31)1-2-26-30(8)17)37-12(11)5-35-42(34,44)40-16(14)20(38-13)29-7-25-15-18(29)27-21(23)28-19(15)32/h2,5-6,8-11,14-15,19-20H,1,3-4H2,(H,34,44)(H,35,45)(H3,24,28,29,33);2,5-6,8-10,13-15,19-20,32H,1,3-4H2,(H,34,43)(H,35,44)(H3,23,27,28,33);2,4,7,10-14,16,20H,1,3,5-6H2,(H,33,43)(H,34,44)(H3,23,27,28,32)/t8-,9-,10+,11+,14-,15-,19-,20-,42?,43?;8-,9-,10+,13-,14-,15-,19-,20-,41?,42?;10-,11+,12-,13-,14-,16-,20-,41?,42?/m111/s1. The lowest BCUT2D eigenvalue weighted by Gasteiger charge is -2.28. The van der Waals surface area contributed by atoms with Gasteiger partial charge in [0.15, 0.2) is 124 Å². The lowest BCUT2D eigenvalue weighted by Crippen LogP contribution is -2.35. The fourth-order valence-electron chi connectivity index (χ4n) is 16.1. The zero-order valence-corrected chi connectivity index (χ0v) is 78.1. The Hall–Kier alpha value is -6.92. The number of aromatic amines is 3. The lowest BCUT2D eigenvalue weighted by molar-refractivity contribution is -0.0601. The number of hydrogen-bond donors (Lipinski definition) is 13. The molecule has 9 aromatic heterocycles. The fraction of sp³-hybridized carbons (Fsp3) is 0.524. The van der Waals surface area contributed by atoms with Gasteiger partial charge in [-0.15, -0.1) is 11.8 Å². The third-order valence-corrected chi connectivity index (χ3v) is 33.1. The minimum atomic E-state index is -4.36. The normalized spacial score (nSPS) is 38.4. The van der Waals surface area contributed by atoms with Crippen molar-refractivity contribution in [3.05, 3.63) is 91.8 Å². The molecule has 134 heavy (non-hydrogen) atoms. The Morgan fingerprint density at radius 1 is 0.448 bits per heavy atom. The van der Waals surface area contributed by atoms with E-state index in [1.165, 1.54) is 66.8 Å². The molecule has 12 aliphatic rings. The molecule has 6 bridgehead atoms. The number of Topliss-reactive ketones (excluding diaryl/α,β-unsaturated/α-hetero) is 3. The van der Waals surface area contributed by atoms with Gasteiger partial charge in [0, 0.05) is 37.9 Å². The number of rotatable bonds is 6. The van der Waals surface area contributed by atoms with Gasteiger partial charge >= 0.3 is 40.4 Å². The third kappa shape index (κ3) is 18.9. The van der Waals surface area contributed by atoms with Crippen LogP contribution in [0.25, 0.3) is 33.5 Å². The zero-order chi connectivity index (χ0) is 94.6. The summed E-state index contributed by atoms with van der Waals surface area (Å²) in [6.07, 6.45) is -19.8. The van der Waals surface area contributed by atoms with Gasteiger partial charge in [-0.05, 0) is 59.0 Å². The number of H-pyrrole nitrogens is 3. The van der Waals surface area contributed by atoms with Crippen molar-refractivity contribution in [1.82, 2.24) is 87.3 Å². The molecule has 9 saturated heterocycles. The second-order valence-corrected chi connectivity index (χ2v) is 48.9.